The zero-order valence-electron chi connectivity index (χ0n) is 9.22. The first-order valence-corrected chi connectivity index (χ1v) is 5.53. The van der Waals surface area contributed by atoms with Crippen LogP contribution >= 0.6 is 0 Å². The summed E-state index contributed by atoms with van der Waals surface area (Å²) in [6.07, 6.45) is 6.57. The maximum Gasteiger partial charge on any atom is 0.356 e. The Balaban J connectivity index is 2.07. The van der Waals surface area contributed by atoms with Gasteiger partial charge in [-0.15, -0.1) is 0 Å². The second-order valence-electron chi connectivity index (χ2n) is 4.05. The number of carbonyl (C=O) groups is 2. The van der Waals surface area contributed by atoms with E-state index >= 15 is 0 Å². The van der Waals surface area contributed by atoms with Crippen LogP contribution in [0.15, 0.2) is 12.4 Å². The number of hydrogen-bond donors (Lipinski definition) is 2. The fraction of sp³-hybridized carbons (Fsp3) is 0.455. The van der Waals surface area contributed by atoms with Gasteiger partial charge in [0, 0.05) is 6.04 Å². The number of aromatic nitrogens is 2. The minimum atomic E-state index is -1.19. The molecule has 1 saturated carbocycles. The van der Waals surface area contributed by atoms with E-state index in [1.54, 1.807) is 0 Å². The molecule has 1 fully saturated rings. The number of nitrogens with zero attached hydrogens (tertiary/aromatic N) is 2. The normalized spacial score (nSPS) is 15.8. The van der Waals surface area contributed by atoms with Gasteiger partial charge in [0.25, 0.3) is 5.91 Å². The molecular formula is C11H13N3O3. The summed E-state index contributed by atoms with van der Waals surface area (Å²) in [5.74, 6) is -1.54. The quantitative estimate of drug-likeness (QED) is 0.810. The number of nitrogens with one attached hydrogen (secondary N) is 1. The number of amides is 1. The van der Waals surface area contributed by atoms with E-state index < -0.39 is 5.97 Å². The first-order chi connectivity index (χ1) is 8.16. The van der Waals surface area contributed by atoms with Crippen LogP contribution in [0.4, 0.5) is 0 Å². The molecule has 0 aliphatic heterocycles. The highest BCUT2D eigenvalue weighted by Gasteiger charge is 2.19. The molecule has 0 radical (unpaired) electrons. The highest BCUT2D eigenvalue weighted by molar-refractivity contribution is 5.93. The summed E-state index contributed by atoms with van der Waals surface area (Å²) in [6, 6.07) is 0.179. The Morgan fingerprint density at radius 2 is 1.88 bits per heavy atom. The number of hydrogen-bond acceptors (Lipinski definition) is 4. The average Bonchev–Trinajstić information content (AvgIpc) is 2.82. The van der Waals surface area contributed by atoms with E-state index in [0.29, 0.717) is 0 Å². The van der Waals surface area contributed by atoms with Crippen molar-refractivity contribution in [3.05, 3.63) is 23.8 Å². The summed E-state index contributed by atoms with van der Waals surface area (Å²) >= 11 is 0. The predicted octanol–water partition coefficient (Wildman–Crippen LogP) is 0.847. The number of carboxylic acids is 1. The van der Waals surface area contributed by atoms with Crippen molar-refractivity contribution in [3.63, 3.8) is 0 Å². The summed E-state index contributed by atoms with van der Waals surface area (Å²) in [5, 5.41) is 11.6. The Labute approximate surface area is 98.1 Å². The lowest BCUT2D eigenvalue weighted by molar-refractivity contribution is 0.0690. The molecule has 6 nitrogen and oxygen atoms in total. The van der Waals surface area contributed by atoms with E-state index in [2.05, 4.69) is 15.3 Å². The molecule has 6 heteroatoms. The van der Waals surface area contributed by atoms with Gasteiger partial charge in [-0.2, -0.15) is 0 Å². The van der Waals surface area contributed by atoms with Gasteiger partial charge in [0.1, 0.15) is 5.69 Å². The second kappa shape index (κ2) is 4.90. The average molecular weight is 235 g/mol. The third kappa shape index (κ3) is 2.77. The van der Waals surface area contributed by atoms with Crippen LogP contribution in [0.25, 0.3) is 0 Å². The molecule has 0 atom stereocenters. The van der Waals surface area contributed by atoms with Crippen LogP contribution in [0.3, 0.4) is 0 Å². The first kappa shape index (κ1) is 11.5. The predicted molar refractivity (Wildman–Crippen MR) is 58.7 cm³/mol. The molecular weight excluding hydrogens is 222 g/mol. The summed E-state index contributed by atoms with van der Waals surface area (Å²) in [4.78, 5) is 29.9. The van der Waals surface area contributed by atoms with Crippen LogP contribution < -0.4 is 5.32 Å². The topological polar surface area (TPSA) is 92.2 Å². The standard InChI is InChI=1S/C11H13N3O3/c15-10(13-7-3-1-2-4-7)8-5-12-6-9(14-8)11(16)17/h5-7H,1-4H2,(H,13,15)(H,16,17). The van der Waals surface area contributed by atoms with E-state index in [9.17, 15) is 9.59 Å². The van der Waals surface area contributed by atoms with E-state index in [1.165, 1.54) is 6.20 Å². The van der Waals surface area contributed by atoms with Gasteiger partial charge in [0.15, 0.2) is 5.69 Å². The van der Waals surface area contributed by atoms with Crippen molar-refractivity contribution < 1.29 is 14.7 Å². The Bertz CT molecular complexity index is 441. The highest BCUT2D eigenvalue weighted by atomic mass is 16.4. The second-order valence-corrected chi connectivity index (χ2v) is 4.05. The largest absolute Gasteiger partial charge is 0.476 e. The molecule has 2 rings (SSSR count). The number of rotatable bonds is 3. The third-order valence-corrected chi connectivity index (χ3v) is 2.78. The molecule has 0 saturated heterocycles. The zero-order valence-corrected chi connectivity index (χ0v) is 9.22. The van der Waals surface area contributed by atoms with E-state index in [4.69, 9.17) is 5.11 Å². The maximum absolute atomic E-state index is 11.8. The van der Waals surface area contributed by atoms with Crippen molar-refractivity contribution in [2.24, 2.45) is 0 Å². The fourth-order valence-corrected chi connectivity index (χ4v) is 1.91. The summed E-state index contributed by atoms with van der Waals surface area (Å²) in [7, 11) is 0. The Morgan fingerprint density at radius 1 is 1.24 bits per heavy atom. The minimum absolute atomic E-state index is 0.0526. The molecule has 1 amide bonds. The molecule has 1 aromatic rings. The van der Waals surface area contributed by atoms with Gasteiger partial charge in [-0.25, -0.2) is 9.78 Å². The molecule has 0 bridgehead atoms. The van der Waals surface area contributed by atoms with Crippen LogP contribution in [0.2, 0.25) is 0 Å². The van der Waals surface area contributed by atoms with E-state index in [1.807, 2.05) is 0 Å². The molecule has 2 N–H and O–H groups in total. The summed E-state index contributed by atoms with van der Waals surface area (Å²) < 4.78 is 0. The maximum atomic E-state index is 11.8. The lowest BCUT2D eigenvalue weighted by atomic mass is 10.2. The van der Waals surface area contributed by atoms with Crippen molar-refractivity contribution in [1.29, 1.82) is 0 Å². The van der Waals surface area contributed by atoms with Crippen molar-refractivity contribution in [1.82, 2.24) is 15.3 Å². The molecule has 0 aromatic carbocycles. The Morgan fingerprint density at radius 3 is 2.53 bits per heavy atom. The van der Waals surface area contributed by atoms with Crippen LogP contribution in [-0.4, -0.2) is 33.0 Å². The molecule has 17 heavy (non-hydrogen) atoms. The van der Waals surface area contributed by atoms with Crippen LogP contribution in [-0.2, 0) is 0 Å². The fourth-order valence-electron chi connectivity index (χ4n) is 1.91. The van der Waals surface area contributed by atoms with Crippen molar-refractivity contribution >= 4 is 11.9 Å². The molecule has 0 spiro atoms. The third-order valence-electron chi connectivity index (χ3n) is 2.78. The van der Waals surface area contributed by atoms with Crippen LogP contribution in [0, 0.1) is 0 Å². The summed E-state index contributed by atoms with van der Waals surface area (Å²) in [5.41, 5.74) is -0.166. The Kier molecular flexibility index (Phi) is 3.32. The molecule has 1 aliphatic rings. The Hall–Kier alpha value is -1.98. The van der Waals surface area contributed by atoms with Crippen molar-refractivity contribution in [2.75, 3.05) is 0 Å². The van der Waals surface area contributed by atoms with Gasteiger partial charge in [-0.3, -0.25) is 9.78 Å². The summed E-state index contributed by atoms with van der Waals surface area (Å²) in [6.45, 7) is 0. The molecule has 90 valence electrons. The van der Waals surface area contributed by atoms with Gasteiger partial charge in [-0.05, 0) is 12.8 Å². The first-order valence-electron chi connectivity index (χ1n) is 5.53. The minimum Gasteiger partial charge on any atom is -0.476 e. The zero-order chi connectivity index (χ0) is 12.3. The van der Waals surface area contributed by atoms with Gasteiger partial charge in [-0.1, -0.05) is 12.8 Å². The molecule has 1 aliphatic carbocycles. The van der Waals surface area contributed by atoms with Crippen LogP contribution in [0.1, 0.15) is 46.7 Å². The number of aromatic carboxylic acids is 1. The van der Waals surface area contributed by atoms with Crippen molar-refractivity contribution in [2.45, 2.75) is 31.7 Å². The van der Waals surface area contributed by atoms with Gasteiger partial charge >= 0.3 is 5.97 Å². The van der Waals surface area contributed by atoms with Gasteiger partial charge in [0.2, 0.25) is 0 Å². The lowest BCUT2D eigenvalue weighted by Crippen LogP contribution is -2.33. The monoisotopic (exact) mass is 235 g/mol. The van der Waals surface area contributed by atoms with E-state index in [0.717, 1.165) is 31.9 Å². The SMILES string of the molecule is O=C(O)c1cncc(C(=O)NC2CCCC2)n1. The van der Waals surface area contributed by atoms with Crippen LogP contribution in [0.5, 0.6) is 0 Å². The van der Waals surface area contributed by atoms with Crippen molar-refractivity contribution in [3.8, 4) is 0 Å². The van der Waals surface area contributed by atoms with Gasteiger partial charge in [0.05, 0.1) is 12.4 Å². The highest BCUT2D eigenvalue weighted by Crippen LogP contribution is 2.17. The lowest BCUT2D eigenvalue weighted by Gasteiger charge is -2.10. The van der Waals surface area contributed by atoms with E-state index in [-0.39, 0.29) is 23.3 Å². The van der Waals surface area contributed by atoms with Gasteiger partial charge < -0.3 is 10.4 Å². The number of carbonyl (C=O) groups excluding carboxylic acids is 1. The smallest absolute Gasteiger partial charge is 0.356 e. The molecule has 1 aromatic heterocycles. The number of carboxylic acid groups (broad SMARTS) is 1. The molecule has 1 heterocycles. The molecule has 0 unspecified atom stereocenters.